The molecule has 0 aliphatic carbocycles. The number of hydrogen-bond donors (Lipinski definition) is 0. The molecule has 1 aromatic rings. The van der Waals surface area contributed by atoms with E-state index in [0.717, 1.165) is 58.4 Å². The standard InChI is InChI=1S/C20H27N3O2/c24-19(21-10-4-5-11-21)20(25)23-14-17-8-9-18(15-23)22(13-17)12-16-6-2-1-3-7-16/h1-3,6-7,17-18H,4-5,8-15H2/t17-,18-/m1/s1. The highest BCUT2D eigenvalue weighted by Crippen LogP contribution is 2.29. The molecule has 5 heteroatoms. The zero-order valence-corrected chi connectivity index (χ0v) is 14.8. The average molecular weight is 341 g/mol. The maximum absolute atomic E-state index is 12.7. The fourth-order valence-corrected chi connectivity index (χ4v) is 4.55. The van der Waals surface area contributed by atoms with Crippen LogP contribution >= 0.6 is 0 Å². The number of nitrogens with zero attached hydrogens (tertiary/aromatic N) is 3. The highest BCUT2D eigenvalue weighted by atomic mass is 16.2. The van der Waals surface area contributed by atoms with Crippen molar-refractivity contribution in [3.05, 3.63) is 35.9 Å². The zero-order chi connectivity index (χ0) is 17.2. The molecule has 4 saturated heterocycles. The molecule has 4 aliphatic rings. The lowest BCUT2D eigenvalue weighted by Crippen LogP contribution is -2.47. The van der Waals surface area contributed by atoms with Crippen LogP contribution in [0.5, 0.6) is 0 Å². The van der Waals surface area contributed by atoms with Crippen molar-refractivity contribution in [2.45, 2.75) is 38.3 Å². The summed E-state index contributed by atoms with van der Waals surface area (Å²) in [6.45, 7) is 4.88. The molecule has 4 heterocycles. The Balaban J connectivity index is 1.43. The molecule has 4 fully saturated rings. The van der Waals surface area contributed by atoms with Gasteiger partial charge >= 0.3 is 11.8 Å². The zero-order valence-electron chi connectivity index (χ0n) is 14.8. The summed E-state index contributed by atoms with van der Waals surface area (Å²) < 4.78 is 0. The topological polar surface area (TPSA) is 43.9 Å². The SMILES string of the molecule is O=C(C(=O)N1C[C@@H]2CC[C@H](C1)N(Cc1ccccc1)C2)N1CCCC1. The Kier molecular flexibility index (Phi) is 4.75. The minimum Gasteiger partial charge on any atom is -0.334 e. The van der Waals surface area contributed by atoms with Crippen LogP contribution in [-0.2, 0) is 16.1 Å². The molecule has 0 unspecified atom stereocenters. The van der Waals surface area contributed by atoms with Gasteiger partial charge in [-0.15, -0.1) is 0 Å². The summed E-state index contributed by atoms with van der Waals surface area (Å²) >= 11 is 0. The first kappa shape index (κ1) is 16.6. The third-order valence-corrected chi connectivity index (χ3v) is 5.92. The van der Waals surface area contributed by atoms with Crippen molar-refractivity contribution in [1.29, 1.82) is 0 Å². The molecule has 4 aliphatic heterocycles. The van der Waals surface area contributed by atoms with E-state index in [1.807, 2.05) is 11.0 Å². The van der Waals surface area contributed by atoms with Crippen LogP contribution in [0.1, 0.15) is 31.2 Å². The van der Waals surface area contributed by atoms with Crippen molar-refractivity contribution in [3.8, 4) is 0 Å². The van der Waals surface area contributed by atoms with Gasteiger partial charge in [-0.25, -0.2) is 0 Å². The predicted octanol–water partition coefficient (Wildman–Crippen LogP) is 1.73. The normalized spacial score (nSPS) is 26.7. The molecule has 0 spiro atoms. The van der Waals surface area contributed by atoms with E-state index < -0.39 is 0 Å². The number of carbonyl (C=O) groups is 2. The Hall–Kier alpha value is -1.88. The number of fused-ring (bicyclic) bond motifs is 4. The second-order valence-corrected chi connectivity index (χ2v) is 7.72. The highest BCUT2D eigenvalue weighted by molar-refractivity contribution is 6.35. The molecule has 25 heavy (non-hydrogen) atoms. The summed E-state index contributed by atoms with van der Waals surface area (Å²) in [6.07, 6.45) is 4.33. The monoisotopic (exact) mass is 341 g/mol. The van der Waals surface area contributed by atoms with Gasteiger partial charge < -0.3 is 9.80 Å². The van der Waals surface area contributed by atoms with Gasteiger partial charge in [-0.1, -0.05) is 30.3 Å². The second kappa shape index (κ2) is 7.16. The van der Waals surface area contributed by atoms with E-state index in [0.29, 0.717) is 18.5 Å². The van der Waals surface area contributed by atoms with Crippen molar-refractivity contribution in [3.63, 3.8) is 0 Å². The van der Waals surface area contributed by atoms with Gasteiger partial charge in [0.1, 0.15) is 0 Å². The van der Waals surface area contributed by atoms with Crippen LogP contribution in [0.15, 0.2) is 30.3 Å². The van der Waals surface area contributed by atoms with Crippen LogP contribution in [0.25, 0.3) is 0 Å². The van der Waals surface area contributed by atoms with E-state index in [1.54, 1.807) is 4.90 Å². The summed E-state index contributed by atoms with van der Waals surface area (Å²) in [4.78, 5) is 31.3. The lowest BCUT2D eigenvalue weighted by molar-refractivity contribution is -0.151. The molecule has 2 atom stereocenters. The quantitative estimate of drug-likeness (QED) is 0.770. The molecule has 0 radical (unpaired) electrons. The molecule has 2 bridgehead atoms. The van der Waals surface area contributed by atoms with Gasteiger partial charge in [0.25, 0.3) is 0 Å². The fraction of sp³-hybridized carbons (Fsp3) is 0.600. The number of piperidine rings is 1. The molecule has 5 rings (SSSR count). The van der Waals surface area contributed by atoms with E-state index in [-0.39, 0.29) is 11.8 Å². The largest absolute Gasteiger partial charge is 0.334 e. The Bertz CT molecular complexity index is 627. The lowest BCUT2D eigenvalue weighted by atomic mass is 9.94. The lowest BCUT2D eigenvalue weighted by Gasteiger charge is -2.36. The van der Waals surface area contributed by atoms with E-state index in [4.69, 9.17) is 0 Å². The summed E-state index contributed by atoms with van der Waals surface area (Å²) in [7, 11) is 0. The Morgan fingerprint density at radius 3 is 2.36 bits per heavy atom. The first-order valence-electron chi connectivity index (χ1n) is 9.57. The summed E-state index contributed by atoms with van der Waals surface area (Å²) in [5, 5.41) is 0. The predicted molar refractivity (Wildman–Crippen MR) is 95.8 cm³/mol. The van der Waals surface area contributed by atoms with Crippen molar-refractivity contribution < 1.29 is 9.59 Å². The Morgan fingerprint density at radius 1 is 0.880 bits per heavy atom. The highest BCUT2D eigenvalue weighted by Gasteiger charge is 2.39. The maximum Gasteiger partial charge on any atom is 0.312 e. The summed E-state index contributed by atoms with van der Waals surface area (Å²) in [5.41, 5.74) is 1.32. The van der Waals surface area contributed by atoms with Gasteiger partial charge in [0.2, 0.25) is 0 Å². The smallest absolute Gasteiger partial charge is 0.312 e. The summed E-state index contributed by atoms with van der Waals surface area (Å²) in [6, 6.07) is 10.9. The van der Waals surface area contributed by atoms with Crippen molar-refractivity contribution >= 4 is 11.8 Å². The molecule has 5 nitrogen and oxygen atoms in total. The molecule has 134 valence electrons. The van der Waals surface area contributed by atoms with Gasteiger partial charge in [0.05, 0.1) is 0 Å². The number of amides is 2. The van der Waals surface area contributed by atoms with Crippen molar-refractivity contribution in [2.75, 3.05) is 32.7 Å². The van der Waals surface area contributed by atoms with Gasteiger partial charge in [0, 0.05) is 45.3 Å². The first-order chi connectivity index (χ1) is 12.2. The molecule has 1 aromatic carbocycles. The Labute approximate surface area is 149 Å². The number of hydrogen-bond acceptors (Lipinski definition) is 3. The Morgan fingerprint density at radius 2 is 1.60 bits per heavy atom. The van der Waals surface area contributed by atoms with Crippen LogP contribution in [0, 0.1) is 5.92 Å². The molecular formula is C20H27N3O2. The molecule has 2 amide bonds. The number of benzene rings is 1. The minimum atomic E-state index is -0.284. The number of likely N-dealkylation sites (tertiary alicyclic amines) is 1. The first-order valence-corrected chi connectivity index (χ1v) is 9.57. The fourth-order valence-electron chi connectivity index (χ4n) is 4.55. The van der Waals surface area contributed by atoms with Gasteiger partial charge in [-0.3, -0.25) is 14.5 Å². The third-order valence-electron chi connectivity index (χ3n) is 5.92. The van der Waals surface area contributed by atoms with E-state index in [9.17, 15) is 9.59 Å². The van der Waals surface area contributed by atoms with Crippen molar-refractivity contribution in [2.24, 2.45) is 5.92 Å². The van der Waals surface area contributed by atoms with Crippen LogP contribution < -0.4 is 0 Å². The van der Waals surface area contributed by atoms with E-state index in [1.165, 1.54) is 5.56 Å². The van der Waals surface area contributed by atoms with Gasteiger partial charge in [0.15, 0.2) is 0 Å². The third kappa shape index (κ3) is 3.56. The average Bonchev–Trinajstić information content (AvgIpc) is 3.03. The molecule has 0 aromatic heterocycles. The van der Waals surface area contributed by atoms with E-state index >= 15 is 0 Å². The van der Waals surface area contributed by atoms with Crippen molar-refractivity contribution in [1.82, 2.24) is 14.7 Å². The van der Waals surface area contributed by atoms with Crippen LogP contribution in [0.2, 0.25) is 0 Å². The maximum atomic E-state index is 12.7. The molecule has 0 N–H and O–H groups in total. The van der Waals surface area contributed by atoms with Gasteiger partial charge in [-0.05, 0) is 37.2 Å². The second-order valence-electron chi connectivity index (χ2n) is 7.72. The van der Waals surface area contributed by atoms with Gasteiger partial charge in [-0.2, -0.15) is 0 Å². The van der Waals surface area contributed by atoms with Crippen LogP contribution in [-0.4, -0.2) is 65.3 Å². The number of carbonyl (C=O) groups excluding carboxylic acids is 2. The van der Waals surface area contributed by atoms with Crippen LogP contribution in [0.4, 0.5) is 0 Å². The minimum absolute atomic E-state index is 0.277. The number of rotatable bonds is 2. The van der Waals surface area contributed by atoms with Crippen LogP contribution in [0.3, 0.4) is 0 Å². The molecule has 0 saturated carbocycles. The molecular weight excluding hydrogens is 314 g/mol. The van der Waals surface area contributed by atoms with E-state index in [2.05, 4.69) is 29.2 Å². The summed E-state index contributed by atoms with van der Waals surface area (Å²) in [5.74, 6) is -0.0773.